The van der Waals surface area contributed by atoms with Gasteiger partial charge in [0.15, 0.2) is 0 Å². The van der Waals surface area contributed by atoms with Crippen LogP contribution in [0.3, 0.4) is 0 Å². The number of halogens is 3. The number of benzene rings is 2. The minimum atomic E-state index is -3.11. The van der Waals surface area contributed by atoms with E-state index < -0.39 is 29.8 Å². The van der Waals surface area contributed by atoms with Crippen molar-refractivity contribution >= 4 is 29.3 Å². The summed E-state index contributed by atoms with van der Waals surface area (Å²) < 4.78 is 38.3. The van der Waals surface area contributed by atoms with Gasteiger partial charge in [-0.25, -0.2) is 8.78 Å². The molecule has 2 fully saturated rings. The van der Waals surface area contributed by atoms with Gasteiger partial charge in [-0.05, 0) is 37.6 Å². The molecule has 0 bridgehead atoms. The fourth-order valence-corrected chi connectivity index (χ4v) is 6.78. The van der Waals surface area contributed by atoms with Crippen LogP contribution in [0.5, 0.6) is 5.75 Å². The predicted molar refractivity (Wildman–Crippen MR) is 144 cm³/mol. The van der Waals surface area contributed by atoms with Crippen molar-refractivity contribution in [2.75, 3.05) is 19.7 Å². The number of hydrogen-bond acceptors (Lipinski definition) is 6. The first-order valence-corrected chi connectivity index (χ1v) is 13.9. The normalized spacial score (nSPS) is 25.3. The van der Waals surface area contributed by atoms with Gasteiger partial charge in [0.1, 0.15) is 18.4 Å². The number of nitrogens with one attached hydrogen (secondary N) is 2. The number of carbonyl (C=O) groups excluding carboxylic acids is 3. The van der Waals surface area contributed by atoms with Crippen LogP contribution in [0, 0.1) is 0 Å². The fraction of sp³-hybridized carbons (Fsp3) is 0.379. The number of imide groups is 1. The second kappa shape index (κ2) is 9.35. The molecule has 3 aromatic rings. The molecule has 5 heterocycles. The Kier molecular flexibility index (Phi) is 5.95. The highest BCUT2D eigenvalue weighted by atomic mass is 35.5. The Morgan fingerprint density at radius 3 is 2.68 bits per heavy atom. The Morgan fingerprint density at radius 1 is 1.12 bits per heavy atom. The second-order valence-corrected chi connectivity index (χ2v) is 11.6. The van der Waals surface area contributed by atoms with Crippen LogP contribution in [-0.2, 0) is 28.1 Å². The summed E-state index contributed by atoms with van der Waals surface area (Å²) in [7, 11) is 0. The van der Waals surface area contributed by atoms with Crippen molar-refractivity contribution in [2.24, 2.45) is 0 Å². The molecule has 1 aromatic heterocycles. The van der Waals surface area contributed by atoms with E-state index in [1.165, 1.54) is 4.90 Å². The van der Waals surface area contributed by atoms with Crippen LogP contribution in [0.2, 0.25) is 5.02 Å². The maximum Gasteiger partial charge on any atom is 0.273 e. The van der Waals surface area contributed by atoms with Crippen LogP contribution in [0.15, 0.2) is 42.6 Å². The number of fused-ring (bicyclic) bond motifs is 4. The van der Waals surface area contributed by atoms with Gasteiger partial charge in [-0.2, -0.15) is 5.10 Å². The first-order valence-electron chi connectivity index (χ1n) is 13.5. The SMILES string of the molecule is O=C1CC[C@H](N2Cc3c(ccc4c3OCC43CCN(Cc4c[nH]nc4-c4ccc(Cl)cc4)CC3(F)F)C2=O)C(=O)N1. The fourth-order valence-electron chi connectivity index (χ4n) is 6.65. The number of H-pyrrole nitrogens is 1. The smallest absolute Gasteiger partial charge is 0.273 e. The number of alkyl halides is 2. The highest BCUT2D eigenvalue weighted by Crippen LogP contribution is 2.55. The third-order valence-corrected chi connectivity index (χ3v) is 9.11. The molecule has 0 aliphatic carbocycles. The van der Waals surface area contributed by atoms with Crippen LogP contribution < -0.4 is 10.1 Å². The molecule has 4 aliphatic rings. The average Bonchev–Trinajstić information content (AvgIpc) is 3.64. The van der Waals surface area contributed by atoms with Crippen LogP contribution in [0.1, 0.15) is 46.3 Å². The van der Waals surface area contributed by atoms with Crippen molar-refractivity contribution in [2.45, 2.75) is 49.7 Å². The third kappa shape index (κ3) is 4.05. The first kappa shape index (κ1) is 26.1. The maximum atomic E-state index is 16.2. The molecule has 2 saturated heterocycles. The topological polar surface area (TPSA) is 108 Å². The number of amides is 3. The molecular formula is C29H26ClF2N5O4. The summed E-state index contributed by atoms with van der Waals surface area (Å²) in [4.78, 5) is 40.4. The quantitative estimate of drug-likeness (QED) is 0.456. The number of piperidine rings is 2. The predicted octanol–water partition coefficient (Wildman–Crippen LogP) is 3.66. The first-order chi connectivity index (χ1) is 19.7. The monoisotopic (exact) mass is 581 g/mol. The molecular weight excluding hydrogens is 556 g/mol. The zero-order chi connectivity index (χ0) is 28.5. The van der Waals surface area contributed by atoms with Crippen LogP contribution in [0.25, 0.3) is 11.3 Å². The van der Waals surface area contributed by atoms with Gasteiger partial charge in [-0.15, -0.1) is 0 Å². The third-order valence-electron chi connectivity index (χ3n) is 8.85. The van der Waals surface area contributed by atoms with Crippen molar-refractivity contribution in [3.05, 3.63) is 69.9 Å². The van der Waals surface area contributed by atoms with Crippen molar-refractivity contribution in [3.8, 4) is 17.0 Å². The summed E-state index contributed by atoms with van der Waals surface area (Å²) in [5, 5.41) is 10.1. The van der Waals surface area contributed by atoms with Gasteiger partial charge in [0.2, 0.25) is 11.8 Å². The molecule has 212 valence electrons. The minimum Gasteiger partial charge on any atom is -0.492 e. The van der Waals surface area contributed by atoms with E-state index >= 15 is 8.78 Å². The van der Waals surface area contributed by atoms with Crippen molar-refractivity contribution in [1.29, 1.82) is 0 Å². The Labute approximate surface area is 238 Å². The molecule has 0 saturated carbocycles. The zero-order valence-corrected chi connectivity index (χ0v) is 22.6. The van der Waals surface area contributed by atoms with Gasteiger partial charge in [0, 0.05) is 52.0 Å². The van der Waals surface area contributed by atoms with Crippen LogP contribution >= 0.6 is 11.6 Å². The van der Waals surface area contributed by atoms with E-state index in [0.717, 1.165) is 11.1 Å². The molecule has 12 heteroatoms. The molecule has 2 N–H and O–H groups in total. The summed E-state index contributed by atoms with van der Waals surface area (Å²) in [5.74, 6) is -4.05. The molecule has 9 nitrogen and oxygen atoms in total. The number of aromatic nitrogens is 2. The van der Waals surface area contributed by atoms with E-state index in [1.807, 2.05) is 12.1 Å². The second-order valence-electron chi connectivity index (χ2n) is 11.2. The number of hydrogen-bond donors (Lipinski definition) is 2. The summed E-state index contributed by atoms with van der Waals surface area (Å²) in [6, 6.07) is 9.60. The molecule has 2 atom stereocenters. The van der Waals surface area contributed by atoms with Crippen molar-refractivity contribution in [3.63, 3.8) is 0 Å². The average molecular weight is 582 g/mol. The molecule has 41 heavy (non-hydrogen) atoms. The van der Waals surface area contributed by atoms with Crippen molar-refractivity contribution in [1.82, 2.24) is 25.3 Å². The summed E-state index contributed by atoms with van der Waals surface area (Å²) in [6.07, 6.45) is 2.26. The van der Waals surface area contributed by atoms with Gasteiger partial charge in [-0.3, -0.25) is 29.7 Å². The van der Waals surface area contributed by atoms with Gasteiger partial charge in [0.05, 0.1) is 24.2 Å². The van der Waals surface area contributed by atoms with Crippen LogP contribution in [0.4, 0.5) is 8.78 Å². The summed E-state index contributed by atoms with van der Waals surface area (Å²) >= 11 is 6.01. The van der Waals surface area contributed by atoms with Gasteiger partial charge >= 0.3 is 0 Å². The lowest BCUT2D eigenvalue weighted by Crippen LogP contribution is -2.58. The molecule has 7 rings (SSSR count). The number of ether oxygens (including phenoxy) is 1. The lowest BCUT2D eigenvalue weighted by Gasteiger charge is -2.44. The lowest BCUT2D eigenvalue weighted by atomic mass is 9.71. The number of likely N-dealkylation sites (tertiary alicyclic amines) is 1. The Morgan fingerprint density at radius 2 is 1.93 bits per heavy atom. The number of nitrogens with zero attached hydrogens (tertiary/aromatic N) is 3. The molecule has 4 aliphatic heterocycles. The van der Waals surface area contributed by atoms with E-state index in [0.29, 0.717) is 46.2 Å². The van der Waals surface area contributed by atoms with Gasteiger partial charge in [0.25, 0.3) is 11.8 Å². The van der Waals surface area contributed by atoms with E-state index in [-0.39, 0.29) is 44.2 Å². The largest absolute Gasteiger partial charge is 0.492 e. The highest BCUT2D eigenvalue weighted by Gasteiger charge is 2.62. The summed E-state index contributed by atoms with van der Waals surface area (Å²) in [5.41, 5.74) is 2.11. The molecule has 2 aromatic carbocycles. The highest BCUT2D eigenvalue weighted by molar-refractivity contribution is 6.30. The summed E-state index contributed by atoms with van der Waals surface area (Å²) in [6.45, 7) is 0.147. The molecule has 3 amide bonds. The van der Waals surface area contributed by atoms with E-state index in [1.54, 1.807) is 35.4 Å². The standard InChI is InChI=1S/C29H26ClF2N5O4/c30-18-3-1-16(2-4-18)24-17(11-33-35-24)12-36-10-9-28(29(31,32)14-36)15-41-25-20-13-37(22-7-8-23(38)34-26(22)39)27(40)19(20)5-6-21(25)28/h1-6,11,22H,7-10,12-15H2,(H,33,35)(H,34,38,39)/t22-,28?/m0/s1. The number of carbonyl (C=O) groups is 3. The lowest BCUT2D eigenvalue weighted by molar-refractivity contribution is -0.137. The number of aromatic amines is 1. The van der Waals surface area contributed by atoms with Gasteiger partial charge in [-0.1, -0.05) is 29.8 Å². The van der Waals surface area contributed by atoms with E-state index in [9.17, 15) is 14.4 Å². The maximum absolute atomic E-state index is 16.2. The minimum absolute atomic E-state index is 0.0748. The van der Waals surface area contributed by atoms with E-state index in [2.05, 4.69) is 15.5 Å². The van der Waals surface area contributed by atoms with Crippen molar-refractivity contribution < 1.29 is 27.9 Å². The molecule has 0 radical (unpaired) electrons. The Balaban J connectivity index is 1.12. The Bertz CT molecular complexity index is 1590. The van der Waals surface area contributed by atoms with E-state index in [4.69, 9.17) is 16.3 Å². The number of rotatable bonds is 4. The zero-order valence-electron chi connectivity index (χ0n) is 21.9. The molecule has 1 spiro atoms. The Hall–Kier alpha value is -3.83. The van der Waals surface area contributed by atoms with Gasteiger partial charge < -0.3 is 9.64 Å². The molecule has 1 unspecified atom stereocenters. The van der Waals surface area contributed by atoms with Crippen LogP contribution in [-0.4, -0.2) is 69.4 Å².